The Bertz CT molecular complexity index is 561. The van der Waals surface area contributed by atoms with Crippen LogP contribution < -0.4 is 10.6 Å². The summed E-state index contributed by atoms with van der Waals surface area (Å²) in [6.07, 6.45) is 3.65. The standard InChI is InChI=1S/C14H18ClN3O4/c15-11-7-10(18(21)22)5-6-12(11)17-14(20)16-8-13(19)9-3-1-2-4-9/h5-7,9,13,19H,1-4,8H2,(H2,16,17,20). The van der Waals surface area contributed by atoms with Crippen LogP contribution in [0.15, 0.2) is 18.2 Å². The number of anilines is 1. The highest BCUT2D eigenvalue weighted by atomic mass is 35.5. The Morgan fingerprint density at radius 2 is 2.14 bits per heavy atom. The number of carbonyl (C=O) groups excluding carboxylic acids is 1. The van der Waals surface area contributed by atoms with Gasteiger partial charge in [-0.1, -0.05) is 24.4 Å². The van der Waals surface area contributed by atoms with Gasteiger partial charge in [-0.15, -0.1) is 0 Å². The van der Waals surface area contributed by atoms with Gasteiger partial charge >= 0.3 is 6.03 Å². The first kappa shape index (κ1) is 16.5. The van der Waals surface area contributed by atoms with Gasteiger partial charge in [0, 0.05) is 18.7 Å². The van der Waals surface area contributed by atoms with Gasteiger partial charge in [0.2, 0.25) is 0 Å². The van der Waals surface area contributed by atoms with Crippen LogP contribution in [0.1, 0.15) is 25.7 Å². The minimum Gasteiger partial charge on any atom is -0.391 e. The first-order valence-corrected chi connectivity index (χ1v) is 7.52. The molecule has 0 aromatic heterocycles. The molecule has 1 aromatic carbocycles. The van der Waals surface area contributed by atoms with E-state index in [1.54, 1.807) is 0 Å². The smallest absolute Gasteiger partial charge is 0.319 e. The first-order chi connectivity index (χ1) is 10.5. The van der Waals surface area contributed by atoms with Crippen LogP contribution in [0.3, 0.4) is 0 Å². The van der Waals surface area contributed by atoms with E-state index in [2.05, 4.69) is 10.6 Å². The molecule has 0 bridgehead atoms. The van der Waals surface area contributed by atoms with Gasteiger partial charge in [0.1, 0.15) is 0 Å². The Morgan fingerprint density at radius 3 is 2.73 bits per heavy atom. The van der Waals surface area contributed by atoms with Crippen molar-refractivity contribution in [3.63, 3.8) is 0 Å². The average Bonchev–Trinajstić information content (AvgIpc) is 3.01. The topological polar surface area (TPSA) is 104 Å². The molecule has 0 radical (unpaired) electrons. The van der Waals surface area contributed by atoms with Crippen molar-refractivity contribution >= 4 is 29.0 Å². The molecule has 0 aliphatic heterocycles. The second-order valence-electron chi connectivity index (χ2n) is 5.37. The Labute approximate surface area is 132 Å². The SMILES string of the molecule is O=C(NCC(O)C1CCCC1)Nc1ccc([N+](=O)[O-])cc1Cl. The molecule has 0 saturated heterocycles. The van der Waals surface area contributed by atoms with Crippen molar-refractivity contribution in [3.05, 3.63) is 33.3 Å². The molecule has 0 heterocycles. The summed E-state index contributed by atoms with van der Waals surface area (Å²) >= 11 is 5.89. The van der Waals surface area contributed by atoms with Crippen molar-refractivity contribution in [1.82, 2.24) is 5.32 Å². The Hall–Kier alpha value is -1.86. The molecule has 1 aliphatic rings. The zero-order chi connectivity index (χ0) is 16.1. The number of rotatable bonds is 5. The zero-order valence-electron chi connectivity index (χ0n) is 11.9. The molecule has 2 amide bonds. The third-order valence-electron chi connectivity index (χ3n) is 3.83. The summed E-state index contributed by atoms with van der Waals surface area (Å²) in [4.78, 5) is 21.8. The molecule has 1 atom stereocenters. The summed E-state index contributed by atoms with van der Waals surface area (Å²) < 4.78 is 0. The average molecular weight is 328 g/mol. The number of amides is 2. The van der Waals surface area contributed by atoms with E-state index in [9.17, 15) is 20.0 Å². The monoisotopic (exact) mass is 327 g/mol. The van der Waals surface area contributed by atoms with Crippen molar-refractivity contribution in [2.75, 3.05) is 11.9 Å². The summed E-state index contributed by atoms with van der Waals surface area (Å²) in [6, 6.07) is 3.29. The van der Waals surface area contributed by atoms with Gasteiger partial charge in [-0.3, -0.25) is 10.1 Å². The number of urea groups is 1. The number of aliphatic hydroxyl groups is 1. The van der Waals surface area contributed by atoms with E-state index < -0.39 is 17.1 Å². The molecule has 1 unspecified atom stereocenters. The van der Waals surface area contributed by atoms with Crippen LogP contribution in [-0.4, -0.2) is 28.7 Å². The fourth-order valence-corrected chi connectivity index (χ4v) is 2.81. The molecule has 22 heavy (non-hydrogen) atoms. The Kier molecular flexibility index (Phi) is 5.57. The minimum absolute atomic E-state index is 0.0840. The Morgan fingerprint density at radius 1 is 1.45 bits per heavy atom. The van der Waals surface area contributed by atoms with Crippen LogP contribution in [0, 0.1) is 16.0 Å². The summed E-state index contributed by atoms with van der Waals surface area (Å²) in [5.41, 5.74) is 0.132. The summed E-state index contributed by atoms with van der Waals surface area (Å²) in [5.74, 6) is 0.239. The van der Waals surface area contributed by atoms with Gasteiger partial charge < -0.3 is 15.7 Å². The van der Waals surface area contributed by atoms with Crippen molar-refractivity contribution < 1.29 is 14.8 Å². The second-order valence-corrected chi connectivity index (χ2v) is 5.78. The van der Waals surface area contributed by atoms with E-state index >= 15 is 0 Å². The number of benzene rings is 1. The summed E-state index contributed by atoms with van der Waals surface area (Å²) in [7, 11) is 0. The quantitative estimate of drug-likeness (QED) is 0.571. The first-order valence-electron chi connectivity index (χ1n) is 7.14. The predicted octanol–water partition coefficient (Wildman–Crippen LogP) is 2.92. The number of hydrogen-bond donors (Lipinski definition) is 3. The van der Waals surface area contributed by atoms with E-state index in [0.717, 1.165) is 25.7 Å². The van der Waals surface area contributed by atoms with Crippen molar-refractivity contribution in [3.8, 4) is 0 Å². The Balaban J connectivity index is 1.85. The molecule has 0 spiro atoms. The molecule has 120 valence electrons. The number of carbonyl (C=O) groups is 1. The van der Waals surface area contributed by atoms with Gasteiger partial charge in [-0.2, -0.15) is 0 Å². The lowest BCUT2D eigenvalue weighted by atomic mass is 10.0. The van der Waals surface area contributed by atoms with Crippen molar-refractivity contribution in [2.24, 2.45) is 5.92 Å². The molecule has 8 heteroatoms. The lowest BCUT2D eigenvalue weighted by Crippen LogP contribution is -2.38. The second kappa shape index (κ2) is 7.42. The van der Waals surface area contributed by atoms with E-state index in [4.69, 9.17) is 11.6 Å². The highest BCUT2D eigenvalue weighted by Crippen LogP contribution is 2.28. The van der Waals surface area contributed by atoms with Gasteiger partial charge in [-0.05, 0) is 24.8 Å². The predicted molar refractivity (Wildman–Crippen MR) is 83.1 cm³/mol. The summed E-state index contributed by atoms with van der Waals surface area (Å²) in [6.45, 7) is 0.168. The third-order valence-corrected chi connectivity index (χ3v) is 4.14. The number of aliphatic hydroxyl groups excluding tert-OH is 1. The van der Waals surface area contributed by atoms with Crippen LogP contribution in [0.25, 0.3) is 0 Å². The number of nitro groups is 1. The highest BCUT2D eigenvalue weighted by molar-refractivity contribution is 6.33. The van der Waals surface area contributed by atoms with E-state index in [0.29, 0.717) is 0 Å². The van der Waals surface area contributed by atoms with E-state index in [1.165, 1.54) is 18.2 Å². The maximum Gasteiger partial charge on any atom is 0.319 e. The van der Waals surface area contributed by atoms with Gasteiger partial charge in [0.25, 0.3) is 5.69 Å². The van der Waals surface area contributed by atoms with Crippen molar-refractivity contribution in [2.45, 2.75) is 31.8 Å². The third kappa shape index (κ3) is 4.32. The number of nitrogens with one attached hydrogen (secondary N) is 2. The number of non-ortho nitro benzene ring substituents is 1. The van der Waals surface area contributed by atoms with Gasteiger partial charge in [-0.25, -0.2) is 4.79 Å². The number of nitrogens with zero attached hydrogens (tertiary/aromatic N) is 1. The molecule has 2 rings (SSSR count). The minimum atomic E-state index is -0.562. The van der Waals surface area contributed by atoms with Crippen LogP contribution in [-0.2, 0) is 0 Å². The number of nitro benzene ring substituents is 1. The molecule has 1 fully saturated rings. The largest absolute Gasteiger partial charge is 0.391 e. The molecule has 1 aliphatic carbocycles. The lowest BCUT2D eigenvalue weighted by molar-refractivity contribution is -0.384. The summed E-state index contributed by atoms with van der Waals surface area (Å²) in [5, 5.41) is 25.8. The fraction of sp³-hybridized carbons (Fsp3) is 0.500. The molecule has 1 saturated carbocycles. The van der Waals surface area contributed by atoms with E-state index in [-0.39, 0.29) is 28.9 Å². The number of halogens is 1. The van der Waals surface area contributed by atoms with Gasteiger partial charge in [0.05, 0.1) is 21.7 Å². The molecule has 3 N–H and O–H groups in total. The molecular weight excluding hydrogens is 310 g/mol. The highest BCUT2D eigenvalue weighted by Gasteiger charge is 2.23. The maximum absolute atomic E-state index is 11.8. The van der Waals surface area contributed by atoms with Crippen LogP contribution in [0.2, 0.25) is 5.02 Å². The fourth-order valence-electron chi connectivity index (χ4n) is 2.59. The van der Waals surface area contributed by atoms with Gasteiger partial charge in [0.15, 0.2) is 0 Å². The maximum atomic E-state index is 11.8. The number of hydrogen-bond acceptors (Lipinski definition) is 4. The molecule has 7 nitrogen and oxygen atoms in total. The van der Waals surface area contributed by atoms with Crippen LogP contribution in [0.5, 0.6) is 0 Å². The molecule has 1 aromatic rings. The van der Waals surface area contributed by atoms with Crippen LogP contribution >= 0.6 is 11.6 Å². The molecular formula is C14H18ClN3O4. The lowest BCUT2D eigenvalue weighted by Gasteiger charge is -2.18. The van der Waals surface area contributed by atoms with Crippen LogP contribution in [0.4, 0.5) is 16.2 Å². The normalized spacial score (nSPS) is 16.3. The zero-order valence-corrected chi connectivity index (χ0v) is 12.7. The van der Waals surface area contributed by atoms with E-state index in [1.807, 2.05) is 0 Å². The van der Waals surface area contributed by atoms with Crippen molar-refractivity contribution in [1.29, 1.82) is 0 Å².